The molecule has 140 valence electrons. The maximum Gasteiger partial charge on any atom is 0.244 e. The number of ether oxygens (including phenoxy) is 1. The maximum absolute atomic E-state index is 12.5. The van der Waals surface area contributed by atoms with Gasteiger partial charge in [-0.3, -0.25) is 14.5 Å². The highest BCUT2D eigenvalue weighted by Crippen LogP contribution is 2.21. The van der Waals surface area contributed by atoms with Crippen molar-refractivity contribution in [3.8, 4) is 5.88 Å². The summed E-state index contributed by atoms with van der Waals surface area (Å²) in [5.41, 5.74) is 1.61. The van der Waals surface area contributed by atoms with Crippen molar-refractivity contribution in [3.63, 3.8) is 0 Å². The highest BCUT2D eigenvalue weighted by Gasteiger charge is 2.28. The largest absolute Gasteiger partial charge is 0.470 e. The number of aromatic nitrogens is 7. The second kappa shape index (κ2) is 7.52. The number of nitrogens with zero attached hydrogens (tertiary/aromatic N) is 8. The molecule has 10 heteroatoms. The lowest BCUT2D eigenvalue weighted by Crippen LogP contribution is -2.32. The molecule has 1 aliphatic heterocycles. The molecule has 4 heterocycles. The first-order valence-electron chi connectivity index (χ1n) is 8.75. The van der Waals surface area contributed by atoms with Crippen LogP contribution >= 0.6 is 0 Å². The monoisotopic (exact) mass is 368 g/mol. The summed E-state index contributed by atoms with van der Waals surface area (Å²) in [6, 6.07) is 2.01. The van der Waals surface area contributed by atoms with Crippen molar-refractivity contribution >= 4 is 5.91 Å². The normalized spacial score (nSPS) is 16.6. The molecule has 1 aliphatic rings. The third-order valence-electron chi connectivity index (χ3n) is 4.43. The Morgan fingerprint density at radius 2 is 2.30 bits per heavy atom. The molecule has 1 unspecified atom stereocenters. The molecule has 1 saturated heterocycles. The second-order valence-corrected chi connectivity index (χ2v) is 6.46. The molecule has 0 saturated carbocycles. The minimum Gasteiger partial charge on any atom is -0.470 e. The van der Waals surface area contributed by atoms with E-state index in [0.29, 0.717) is 24.7 Å². The molecule has 1 atom stereocenters. The van der Waals surface area contributed by atoms with Gasteiger partial charge in [0.15, 0.2) is 0 Å². The molecule has 4 rings (SSSR count). The van der Waals surface area contributed by atoms with E-state index in [2.05, 4.69) is 25.4 Å². The van der Waals surface area contributed by atoms with Crippen LogP contribution in [-0.4, -0.2) is 58.6 Å². The molecule has 0 bridgehead atoms. The summed E-state index contributed by atoms with van der Waals surface area (Å²) in [5, 5.41) is 12.6. The number of hydrogen-bond donors (Lipinski definition) is 0. The first-order valence-corrected chi connectivity index (χ1v) is 8.75. The molecule has 3 aromatic heterocycles. The van der Waals surface area contributed by atoms with Crippen LogP contribution in [0.4, 0.5) is 0 Å². The van der Waals surface area contributed by atoms with Crippen LogP contribution in [0.2, 0.25) is 0 Å². The van der Waals surface area contributed by atoms with Crippen LogP contribution in [0, 0.1) is 6.92 Å². The Morgan fingerprint density at radius 1 is 1.37 bits per heavy atom. The lowest BCUT2D eigenvalue weighted by atomic mass is 10.3. The van der Waals surface area contributed by atoms with E-state index in [1.165, 1.54) is 0 Å². The molecule has 1 fully saturated rings. The minimum atomic E-state index is 0.0620. The zero-order valence-electron chi connectivity index (χ0n) is 15.0. The third kappa shape index (κ3) is 4.10. The van der Waals surface area contributed by atoms with Crippen molar-refractivity contribution in [2.24, 2.45) is 0 Å². The maximum atomic E-state index is 12.5. The van der Waals surface area contributed by atoms with Gasteiger partial charge in [0.1, 0.15) is 18.8 Å². The van der Waals surface area contributed by atoms with Crippen LogP contribution < -0.4 is 4.74 Å². The van der Waals surface area contributed by atoms with E-state index in [1.807, 2.05) is 30.3 Å². The molecule has 0 aromatic carbocycles. The van der Waals surface area contributed by atoms with Crippen LogP contribution in [0.3, 0.4) is 0 Å². The van der Waals surface area contributed by atoms with E-state index in [9.17, 15) is 4.79 Å². The molecule has 0 spiro atoms. The number of hydrogen-bond acceptors (Lipinski definition) is 7. The van der Waals surface area contributed by atoms with E-state index < -0.39 is 0 Å². The van der Waals surface area contributed by atoms with Gasteiger partial charge in [-0.25, -0.2) is 9.67 Å². The number of rotatable bonds is 6. The quantitative estimate of drug-likeness (QED) is 0.628. The van der Waals surface area contributed by atoms with E-state index >= 15 is 0 Å². The van der Waals surface area contributed by atoms with Crippen LogP contribution in [0.1, 0.15) is 23.9 Å². The lowest BCUT2D eigenvalue weighted by molar-refractivity contribution is -0.131. The standard InChI is InChI=1S/C17H20N8O2/c1-13-2-7-24(21-13)11-17(26)23-6-3-15(10-23)25-9-14(20-22-25)12-27-16-8-18-4-5-19-16/h2,4-5,7-9,15H,3,6,10-12H2,1H3. The number of aryl methyl sites for hydroxylation is 1. The molecule has 3 aromatic rings. The van der Waals surface area contributed by atoms with Crippen molar-refractivity contribution in [2.75, 3.05) is 13.1 Å². The predicted molar refractivity (Wildman–Crippen MR) is 93.6 cm³/mol. The van der Waals surface area contributed by atoms with Gasteiger partial charge in [0.2, 0.25) is 11.8 Å². The SMILES string of the molecule is Cc1ccn(CC(=O)N2CCC(n3cc(COc4cnccn4)nn3)C2)n1. The smallest absolute Gasteiger partial charge is 0.244 e. The van der Waals surface area contributed by atoms with E-state index in [0.717, 1.165) is 12.1 Å². The van der Waals surface area contributed by atoms with Crippen molar-refractivity contribution in [2.45, 2.75) is 32.5 Å². The van der Waals surface area contributed by atoms with E-state index in [1.54, 1.807) is 28.0 Å². The molecule has 0 N–H and O–H groups in total. The third-order valence-corrected chi connectivity index (χ3v) is 4.43. The Balaban J connectivity index is 1.31. The molecular weight excluding hydrogens is 348 g/mol. The Labute approximate surface area is 155 Å². The molecule has 27 heavy (non-hydrogen) atoms. The minimum absolute atomic E-state index is 0.0620. The molecule has 0 radical (unpaired) electrons. The van der Waals surface area contributed by atoms with Crippen molar-refractivity contribution < 1.29 is 9.53 Å². The molecular formula is C17H20N8O2. The Morgan fingerprint density at radius 3 is 3.07 bits per heavy atom. The molecule has 1 amide bonds. The van der Waals surface area contributed by atoms with Crippen molar-refractivity contribution in [3.05, 3.63) is 48.4 Å². The number of carbonyl (C=O) groups excluding carboxylic acids is 1. The van der Waals surface area contributed by atoms with Gasteiger partial charge < -0.3 is 9.64 Å². The summed E-state index contributed by atoms with van der Waals surface area (Å²) in [6.07, 6.45) is 9.22. The number of carbonyl (C=O) groups is 1. The summed E-state index contributed by atoms with van der Waals surface area (Å²) in [5.74, 6) is 0.505. The molecule has 0 aliphatic carbocycles. The Bertz CT molecular complexity index is 907. The Kier molecular flexibility index (Phi) is 4.77. The highest BCUT2D eigenvalue weighted by atomic mass is 16.5. The van der Waals surface area contributed by atoms with Gasteiger partial charge in [-0.05, 0) is 19.4 Å². The Hall–Kier alpha value is -3.30. The first kappa shape index (κ1) is 17.1. The van der Waals surface area contributed by atoms with Gasteiger partial charge in [-0.1, -0.05) is 5.21 Å². The average Bonchev–Trinajstić information content (AvgIpc) is 3.41. The fourth-order valence-electron chi connectivity index (χ4n) is 3.04. The molecule has 10 nitrogen and oxygen atoms in total. The number of amides is 1. The zero-order chi connectivity index (χ0) is 18.6. The van der Waals surface area contributed by atoms with Gasteiger partial charge in [-0.2, -0.15) is 5.10 Å². The van der Waals surface area contributed by atoms with Gasteiger partial charge in [-0.15, -0.1) is 5.10 Å². The van der Waals surface area contributed by atoms with Crippen LogP contribution in [0.25, 0.3) is 0 Å². The fourth-order valence-corrected chi connectivity index (χ4v) is 3.04. The average molecular weight is 368 g/mol. The summed E-state index contributed by atoms with van der Waals surface area (Å²) in [7, 11) is 0. The summed E-state index contributed by atoms with van der Waals surface area (Å²) < 4.78 is 9.01. The van der Waals surface area contributed by atoms with Gasteiger partial charge in [0.25, 0.3) is 0 Å². The van der Waals surface area contributed by atoms with Gasteiger partial charge >= 0.3 is 0 Å². The summed E-state index contributed by atoms with van der Waals surface area (Å²) >= 11 is 0. The zero-order valence-corrected chi connectivity index (χ0v) is 15.0. The second-order valence-electron chi connectivity index (χ2n) is 6.46. The van der Waals surface area contributed by atoms with E-state index in [4.69, 9.17) is 4.74 Å². The topological polar surface area (TPSA) is 104 Å². The van der Waals surface area contributed by atoms with Gasteiger partial charge in [0.05, 0.1) is 24.1 Å². The predicted octanol–water partition coefficient (Wildman–Crippen LogP) is 0.626. The highest BCUT2D eigenvalue weighted by molar-refractivity contribution is 5.76. The van der Waals surface area contributed by atoms with Crippen molar-refractivity contribution in [1.82, 2.24) is 39.6 Å². The fraction of sp³-hybridized carbons (Fsp3) is 0.412. The summed E-state index contributed by atoms with van der Waals surface area (Å²) in [6.45, 7) is 3.76. The van der Waals surface area contributed by atoms with Gasteiger partial charge in [0, 0.05) is 31.7 Å². The van der Waals surface area contributed by atoms with Crippen LogP contribution in [-0.2, 0) is 17.9 Å². The first-order chi connectivity index (χ1) is 13.2. The lowest BCUT2D eigenvalue weighted by Gasteiger charge is -2.16. The van der Waals surface area contributed by atoms with Crippen molar-refractivity contribution in [1.29, 1.82) is 0 Å². The van der Waals surface area contributed by atoms with Crippen LogP contribution in [0.15, 0.2) is 37.1 Å². The number of likely N-dealkylation sites (tertiary alicyclic amines) is 1. The summed E-state index contributed by atoms with van der Waals surface area (Å²) in [4.78, 5) is 22.3. The van der Waals surface area contributed by atoms with E-state index in [-0.39, 0.29) is 25.1 Å². The van der Waals surface area contributed by atoms with Crippen LogP contribution in [0.5, 0.6) is 5.88 Å².